The van der Waals surface area contributed by atoms with Crippen LogP contribution in [0.5, 0.6) is 0 Å². The van der Waals surface area contributed by atoms with Crippen molar-refractivity contribution in [2.45, 2.75) is 40.0 Å². The fraction of sp³-hybridized carbons (Fsp3) is 0.421. The maximum absolute atomic E-state index is 12.4. The molecule has 0 saturated carbocycles. The lowest BCUT2D eigenvalue weighted by Crippen LogP contribution is -2.29. The van der Waals surface area contributed by atoms with E-state index in [4.69, 9.17) is 0 Å². The average molecular weight is 332 g/mol. The molecule has 0 aromatic heterocycles. The van der Waals surface area contributed by atoms with Gasteiger partial charge >= 0.3 is 0 Å². The molecule has 0 saturated heterocycles. The summed E-state index contributed by atoms with van der Waals surface area (Å²) in [4.78, 5) is 36.4. The number of rotatable bonds is 8. The SMILES string of the molecule is C=CNC(=O)CCCN(C)C(=O)c1ccc(CC)cc1C=O.CC. The Kier molecular flexibility index (Phi) is 10.8. The van der Waals surface area contributed by atoms with Crippen LogP contribution >= 0.6 is 0 Å². The number of aryl methyl sites for hydroxylation is 1. The standard InChI is InChI=1S/C17H22N2O3.C2H6/c1-4-13-8-9-15(14(11-13)12-20)17(22)19(3)10-6-7-16(21)18-5-2;1-2/h5,8-9,11-12H,2,4,6-7,10H2,1,3H3,(H,18,21);1-2H3. The number of amides is 2. The number of carbonyl (C=O) groups excluding carboxylic acids is 3. The number of hydrogen-bond acceptors (Lipinski definition) is 3. The highest BCUT2D eigenvalue weighted by Gasteiger charge is 2.16. The summed E-state index contributed by atoms with van der Waals surface area (Å²) in [6.45, 7) is 9.85. The van der Waals surface area contributed by atoms with Crippen LogP contribution in [0.3, 0.4) is 0 Å². The molecule has 0 aliphatic carbocycles. The quantitative estimate of drug-likeness (QED) is 0.743. The van der Waals surface area contributed by atoms with Gasteiger partial charge in [-0.15, -0.1) is 0 Å². The van der Waals surface area contributed by atoms with Crippen molar-refractivity contribution in [2.24, 2.45) is 0 Å². The Morgan fingerprint density at radius 3 is 2.50 bits per heavy atom. The first-order valence-electron chi connectivity index (χ1n) is 8.27. The first-order chi connectivity index (χ1) is 11.5. The molecule has 132 valence electrons. The van der Waals surface area contributed by atoms with Crippen LogP contribution < -0.4 is 5.32 Å². The van der Waals surface area contributed by atoms with Gasteiger partial charge in [0.15, 0.2) is 6.29 Å². The van der Waals surface area contributed by atoms with Crippen LogP contribution in [0.2, 0.25) is 0 Å². The highest BCUT2D eigenvalue weighted by atomic mass is 16.2. The molecule has 5 nitrogen and oxygen atoms in total. The van der Waals surface area contributed by atoms with Crippen LogP contribution in [0.15, 0.2) is 31.0 Å². The summed E-state index contributed by atoms with van der Waals surface area (Å²) in [5, 5.41) is 2.49. The van der Waals surface area contributed by atoms with E-state index >= 15 is 0 Å². The second-order valence-corrected chi connectivity index (χ2v) is 4.99. The van der Waals surface area contributed by atoms with E-state index in [1.165, 1.54) is 11.1 Å². The smallest absolute Gasteiger partial charge is 0.254 e. The molecule has 0 heterocycles. The summed E-state index contributed by atoms with van der Waals surface area (Å²) in [6, 6.07) is 5.28. The van der Waals surface area contributed by atoms with Gasteiger partial charge in [0.1, 0.15) is 0 Å². The summed E-state index contributed by atoms with van der Waals surface area (Å²) in [7, 11) is 1.66. The molecule has 1 aromatic carbocycles. The zero-order valence-electron chi connectivity index (χ0n) is 15.1. The zero-order chi connectivity index (χ0) is 18.5. The van der Waals surface area contributed by atoms with Gasteiger partial charge in [-0.2, -0.15) is 0 Å². The Morgan fingerprint density at radius 2 is 1.96 bits per heavy atom. The minimum atomic E-state index is -0.214. The van der Waals surface area contributed by atoms with Gasteiger partial charge < -0.3 is 10.2 Å². The third-order valence-electron chi connectivity index (χ3n) is 3.39. The highest BCUT2D eigenvalue weighted by molar-refractivity contribution is 6.01. The van der Waals surface area contributed by atoms with E-state index in [1.54, 1.807) is 19.2 Å². The van der Waals surface area contributed by atoms with Crippen LogP contribution in [0.1, 0.15) is 59.9 Å². The molecule has 0 fully saturated rings. The molecule has 2 amide bonds. The van der Waals surface area contributed by atoms with E-state index in [-0.39, 0.29) is 11.8 Å². The third-order valence-corrected chi connectivity index (χ3v) is 3.39. The Balaban J connectivity index is 0.00000254. The van der Waals surface area contributed by atoms with Crippen molar-refractivity contribution < 1.29 is 14.4 Å². The third kappa shape index (κ3) is 6.77. The second-order valence-electron chi connectivity index (χ2n) is 4.99. The lowest BCUT2D eigenvalue weighted by Gasteiger charge is -2.18. The van der Waals surface area contributed by atoms with Gasteiger partial charge in [0.2, 0.25) is 5.91 Å². The Morgan fingerprint density at radius 1 is 1.29 bits per heavy atom. The molecular formula is C19H28N2O3. The molecule has 0 radical (unpaired) electrons. The fourth-order valence-electron chi connectivity index (χ4n) is 2.09. The number of nitrogens with zero attached hydrogens (tertiary/aromatic N) is 1. The summed E-state index contributed by atoms with van der Waals surface area (Å²) >= 11 is 0. The molecule has 1 N–H and O–H groups in total. The molecule has 0 unspecified atom stereocenters. The molecule has 0 bridgehead atoms. The molecule has 0 spiro atoms. The van der Waals surface area contributed by atoms with Gasteiger partial charge in [0, 0.05) is 25.6 Å². The summed E-state index contributed by atoms with van der Waals surface area (Å²) in [6.07, 6.45) is 3.72. The van der Waals surface area contributed by atoms with Crippen LogP contribution in [0.4, 0.5) is 0 Å². The Hall–Kier alpha value is -2.43. The lowest BCUT2D eigenvalue weighted by molar-refractivity contribution is -0.120. The molecule has 0 aliphatic heterocycles. The van der Waals surface area contributed by atoms with Crippen LogP contribution in [-0.2, 0) is 11.2 Å². The molecule has 0 aliphatic rings. The fourth-order valence-corrected chi connectivity index (χ4v) is 2.09. The van der Waals surface area contributed by atoms with Crippen molar-refractivity contribution in [3.63, 3.8) is 0 Å². The van der Waals surface area contributed by atoms with E-state index in [2.05, 4.69) is 11.9 Å². The Bertz CT molecular complexity index is 568. The predicted octanol–water partition coefficient (Wildman–Crippen LogP) is 3.20. The number of carbonyl (C=O) groups is 3. The molecule has 24 heavy (non-hydrogen) atoms. The Labute approximate surface area is 144 Å². The van der Waals surface area contributed by atoms with E-state index in [0.29, 0.717) is 36.8 Å². The first-order valence-corrected chi connectivity index (χ1v) is 8.27. The van der Waals surface area contributed by atoms with Crippen molar-refractivity contribution in [2.75, 3.05) is 13.6 Å². The van der Waals surface area contributed by atoms with E-state index in [9.17, 15) is 14.4 Å². The average Bonchev–Trinajstić information content (AvgIpc) is 2.62. The van der Waals surface area contributed by atoms with Crippen LogP contribution in [0.25, 0.3) is 0 Å². The van der Waals surface area contributed by atoms with Crippen molar-refractivity contribution in [1.29, 1.82) is 0 Å². The molecule has 1 rings (SSSR count). The van der Waals surface area contributed by atoms with Gasteiger partial charge in [0.05, 0.1) is 5.56 Å². The zero-order valence-corrected chi connectivity index (χ0v) is 15.1. The van der Waals surface area contributed by atoms with Gasteiger partial charge in [-0.05, 0) is 36.7 Å². The maximum Gasteiger partial charge on any atom is 0.254 e. The molecule has 1 aromatic rings. The van der Waals surface area contributed by atoms with E-state index in [0.717, 1.165) is 12.0 Å². The molecular weight excluding hydrogens is 304 g/mol. The van der Waals surface area contributed by atoms with Crippen LogP contribution in [-0.4, -0.2) is 36.6 Å². The predicted molar refractivity (Wildman–Crippen MR) is 97.1 cm³/mol. The lowest BCUT2D eigenvalue weighted by atomic mass is 10.0. The summed E-state index contributed by atoms with van der Waals surface area (Å²) < 4.78 is 0. The summed E-state index contributed by atoms with van der Waals surface area (Å²) in [5.74, 6) is -0.342. The van der Waals surface area contributed by atoms with Crippen molar-refractivity contribution >= 4 is 18.1 Å². The minimum Gasteiger partial charge on any atom is -0.342 e. The number of nitrogens with one attached hydrogen (secondary N) is 1. The van der Waals surface area contributed by atoms with Crippen molar-refractivity contribution in [3.05, 3.63) is 47.7 Å². The van der Waals surface area contributed by atoms with E-state index < -0.39 is 0 Å². The maximum atomic E-state index is 12.4. The second kappa shape index (κ2) is 12.0. The largest absolute Gasteiger partial charge is 0.342 e. The summed E-state index contributed by atoms with van der Waals surface area (Å²) in [5.41, 5.74) is 1.81. The van der Waals surface area contributed by atoms with Crippen molar-refractivity contribution in [3.8, 4) is 0 Å². The number of benzene rings is 1. The number of aldehydes is 1. The van der Waals surface area contributed by atoms with Crippen molar-refractivity contribution in [1.82, 2.24) is 10.2 Å². The van der Waals surface area contributed by atoms with E-state index in [1.807, 2.05) is 26.8 Å². The normalized spacial score (nSPS) is 9.33. The highest BCUT2D eigenvalue weighted by Crippen LogP contribution is 2.13. The van der Waals surface area contributed by atoms with Gasteiger partial charge in [-0.25, -0.2) is 0 Å². The topological polar surface area (TPSA) is 66.5 Å². The van der Waals surface area contributed by atoms with Gasteiger partial charge in [-0.3, -0.25) is 14.4 Å². The molecule has 0 atom stereocenters. The molecule has 5 heteroatoms. The van der Waals surface area contributed by atoms with Gasteiger partial charge in [0.25, 0.3) is 5.91 Å². The van der Waals surface area contributed by atoms with Crippen LogP contribution in [0, 0.1) is 0 Å². The number of hydrogen-bond donors (Lipinski definition) is 1. The minimum absolute atomic E-state index is 0.128. The monoisotopic (exact) mass is 332 g/mol. The van der Waals surface area contributed by atoms with Gasteiger partial charge in [-0.1, -0.05) is 33.4 Å². The first kappa shape index (κ1) is 21.6.